The van der Waals surface area contributed by atoms with Gasteiger partial charge in [-0.2, -0.15) is 0 Å². The Labute approximate surface area is 162 Å². The zero-order valence-electron chi connectivity index (χ0n) is 15.6. The lowest BCUT2D eigenvalue weighted by atomic mass is 10.0. The van der Waals surface area contributed by atoms with E-state index in [1.165, 1.54) is 12.3 Å². The molecule has 0 aliphatic carbocycles. The minimum absolute atomic E-state index is 0.0188. The van der Waals surface area contributed by atoms with Crippen LogP contribution in [0.1, 0.15) is 28.0 Å². The zero-order valence-corrected chi connectivity index (χ0v) is 16.4. The van der Waals surface area contributed by atoms with E-state index in [-0.39, 0.29) is 10.5 Å². The number of benzene rings is 1. The van der Waals surface area contributed by atoms with Crippen LogP contribution in [0, 0.1) is 20.8 Å². The second-order valence-corrected chi connectivity index (χ2v) is 8.72. The summed E-state index contributed by atoms with van der Waals surface area (Å²) in [4.78, 5) is 7.17. The Morgan fingerprint density at radius 1 is 1.18 bits per heavy atom. The molecule has 8 heteroatoms. The molecular weight excluding hydrogens is 378 g/mol. The van der Waals surface area contributed by atoms with E-state index < -0.39 is 15.3 Å². The molecule has 3 aromatic heterocycles. The molecule has 28 heavy (non-hydrogen) atoms. The first-order valence-electron chi connectivity index (χ1n) is 8.68. The Hall–Kier alpha value is -2.97. The van der Waals surface area contributed by atoms with Gasteiger partial charge in [-0.25, -0.2) is 8.42 Å². The van der Waals surface area contributed by atoms with Crippen molar-refractivity contribution in [3.8, 4) is 11.1 Å². The summed E-state index contributed by atoms with van der Waals surface area (Å²) in [6.07, 6.45) is 3.03. The summed E-state index contributed by atoms with van der Waals surface area (Å²) < 4.78 is 32.0. The van der Waals surface area contributed by atoms with Crippen molar-refractivity contribution < 1.29 is 18.0 Å². The lowest BCUT2D eigenvalue weighted by molar-refractivity contribution is 0.256. The smallest absolute Gasteiger partial charge is 0.210 e. The van der Waals surface area contributed by atoms with Crippen molar-refractivity contribution in [2.24, 2.45) is 0 Å². The number of rotatable bonds is 4. The number of sulfone groups is 1. The molecule has 144 valence electrons. The van der Waals surface area contributed by atoms with Crippen LogP contribution in [0.2, 0.25) is 0 Å². The van der Waals surface area contributed by atoms with Crippen molar-refractivity contribution in [1.82, 2.24) is 15.1 Å². The quantitative estimate of drug-likeness (QED) is 0.544. The number of hydrogen-bond donors (Lipinski definition) is 2. The third-order valence-electron chi connectivity index (χ3n) is 4.77. The van der Waals surface area contributed by atoms with Crippen LogP contribution in [-0.4, -0.2) is 28.6 Å². The van der Waals surface area contributed by atoms with E-state index in [9.17, 15) is 13.5 Å². The van der Waals surface area contributed by atoms with Gasteiger partial charge in [0.2, 0.25) is 9.84 Å². The fraction of sp³-hybridized carbons (Fsp3) is 0.200. The first-order valence-corrected chi connectivity index (χ1v) is 10.2. The van der Waals surface area contributed by atoms with Crippen LogP contribution in [0.4, 0.5) is 0 Å². The highest BCUT2D eigenvalue weighted by Crippen LogP contribution is 2.38. The summed E-state index contributed by atoms with van der Waals surface area (Å²) in [6.45, 7) is 5.36. The summed E-state index contributed by atoms with van der Waals surface area (Å²) in [6, 6.07) is 8.48. The largest absolute Gasteiger partial charge is 0.373 e. The van der Waals surface area contributed by atoms with Gasteiger partial charge in [0.15, 0.2) is 5.44 Å². The topological polar surface area (TPSA) is 109 Å². The Kier molecular flexibility index (Phi) is 4.32. The lowest BCUT2D eigenvalue weighted by Gasteiger charge is -2.15. The monoisotopic (exact) mass is 397 g/mol. The van der Waals surface area contributed by atoms with Gasteiger partial charge in [-0.3, -0.25) is 4.98 Å². The van der Waals surface area contributed by atoms with Crippen LogP contribution < -0.4 is 0 Å². The van der Waals surface area contributed by atoms with Gasteiger partial charge in [0.1, 0.15) is 5.76 Å². The van der Waals surface area contributed by atoms with E-state index in [1.54, 1.807) is 44.3 Å². The van der Waals surface area contributed by atoms with Crippen molar-refractivity contribution in [1.29, 1.82) is 0 Å². The van der Waals surface area contributed by atoms with Crippen molar-refractivity contribution >= 4 is 20.9 Å². The number of H-pyrrole nitrogens is 1. The van der Waals surface area contributed by atoms with Gasteiger partial charge >= 0.3 is 0 Å². The summed E-state index contributed by atoms with van der Waals surface area (Å²) in [5, 5.41) is 14.8. The first kappa shape index (κ1) is 18.4. The van der Waals surface area contributed by atoms with Gasteiger partial charge in [0, 0.05) is 29.1 Å². The van der Waals surface area contributed by atoms with Crippen LogP contribution in [-0.2, 0) is 9.84 Å². The highest BCUT2D eigenvalue weighted by Gasteiger charge is 2.33. The zero-order chi connectivity index (χ0) is 20.1. The minimum atomic E-state index is -4.13. The van der Waals surface area contributed by atoms with Crippen molar-refractivity contribution in [3.05, 3.63) is 65.3 Å². The van der Waals surface area contributed by atoms with Gasteiger partial charge in [-0.1, -0.05) is 16.8 Å². The predicted octanol–water partition coefficient (Wildman–Crippen LogP) is 3.61. The van der Waals surface area contributed by atoms with Crippen LogP contribution in [0.3, 0.4) is 0 Å². The van der Waals surface area contributed by atoms with Gasteiger partial charge in [0.25, 0.3) is 0 Å². The van der Waals surface area contributed by atoms with E-state index in [2.05, 4.69) is 15.1 Å². The van der Waals surface area contributed by atoms with Crippen LogP contribution in [0.25, 0.3) is 22.2 Å². The number of nitrogens with zero attached hydrogens (tertiary/aromatic N) is 2. The molecule has 0 fully saturated rings. The molecule has 0 aliphatic rings. The summed E-state index contributed by atoms with van der Waals surface area (Å²) in [5.74, 6) is 0.516. The van der Waals surface area contributed by atoms with Crippen LogP contribution in [0.15, 0.2) is 52.1 Å². The van der Waals surface area contributed by atoms with Crippen molar-refractivity contribution in [2.75, 3.05) is 0 Å². The van der Waals surface area contributed by atoms with Gasteiger partial charge < -0.3 is 14.6 Å². The number of nitrogens with one attached hydrogen (secondary N) is 1. The summed E-state index contributed by atoms with van der Waals surface area (Å²) in [7, 11) is -4.13. The Balaban J connectivity index is 1.91. The van der Waals surface area contributed by atoms with Crippen molar-refractivity contribution in [3.63, 3.8) is 0 Å². The fourth-order valence-electron chi connectivity index (χ4n) is 3.41. The number of fused-ring (bicyclic) bond motifs is 1. The SMILES string of the molecule is Cc1ccc(S(=O)(=O)C(O)c2c[nH]c3cccnc23)c(-c2c(C)noc2C)c1. The van der Waals surface area contributed by atoms with E-state index >= 15 is 0 Å². The van der Waals surface area contributed by atoms with Crippen LogP contribution >= 0.6 is 0 Å². The average molecular weight is 397 g/mol. The maximum absolute atomic E-state index is 13.4. The number of aliphatic hydroxyl groups is 1. The summed E-state index contributed by atoms with van der Waals surface area (Å²) in [5.41, 5.74) is 2.07. The molecule has 4 aromatic rings. The average Bonchev–Trinajstić information content (AvgIpc) is 3.24. The standard InChI is InChI=1S/C20H19N3O4S/c1-11-6-7-17(14(9-11)18-12(2)23-27-13(18)3)28(25,26)20(24)15-10-22-16-5-4-8-21-19(15)16/h4-10,20,22,24H,1-3H3. The summed E-state index contributed by atoms with van der Waals surface area (Å²) >= 11 is 0. The maximum atomic E-state index is 13.4. The molecule has 0 amide bonds. The molecule has 1 aromatic carbocycles. The first-order chi connectivity index (χ1) is 13.3. The van der Waals surface area contributed by atoms with E-state index in [0.717, 1.165) is 5.56 Å². The third kappa shape index (κ3) is 2.81. The molecule has 2 N–H and O–H groups in total. The van der Waals surface area contributed by atoms with Gasteiger partial charge in [-0.05, 0) is 45.0 Å². The minimum Gasteiger partial charge on any atom is -0.373 e. The maximum Gasteiger partial charge on any atom is 0.210 e. The molecule has 0 bridgehead atoms. The molecule has 7 nitrogen and oxygen atoms in total. The molecule has 4 rings (SSSR count). The number of aliphatic hydroxyl groups excluding tert-OH is 1. The Morgan fingerprint density at radius 2 is 1.96 bits per heavy atom. The van der Waals surface area contributed by atoms with Gasteiger partial charge in [-0.15, -0.1) is 0 Å². The second kappa shape index (κ2) is 6.57. The molecule has 3 heterocycles. The molecule has 0 saturated carbocycles. The third-order valence-corrected chi connectivity index (χ3v) is 6.58. The Morgan fingerprint density at radius 3 is 2.68 bits per heavy atom. The van der Waals surface area contributed by atoms with E-state index in [4.69, 9.17) is 4.52 Å². The Bertz CT molecular complexity index is 1270. The number of aromatic amines is 1. The number of aromatic nitrogens is 3. The lowest BCUT2D eigenvalue weighted by Crippen LogP contribution is -2.14. The fourth-order valence-corrected chi connectivity index (χ4v) is 4.89. The molecule has 1 atom stereocenters. The normalized spacial score (nSPS) is 13.1. The molecule has 0 aliphatic heterocycles. The van der Waals surface area contributed by atoms with Crippen molar-refractivity contribution in [2.45, 2.75) is 31.1 Å². The molecule has 0 saturated heterocycles. The highest BCUT2D eigenvalue weighted by molar-refractivity contribution is 7.91. The number of pyridine rings is 1. The molecule has 0 radical (unpaired) electrons. The van der Waals surface area contributed by atoms with Gasteiger partial charge in [0.05, 0.1) is 21.6 Å². The highest BCUT2D eigenvalue weighted by atomic mass is 32.2. The van der Waals surface area contributed by atoms with Crippen LogP contribution in [0.5, 0.6) is 0 Å². The molecular formula is C20H19N3O4S. The predicted molar refractivity (Wildman–Crippen MR) is 104 cm³/mol. The number of aryl methyl sites for hydroxylation is 3. The van der Waals surface area contributed by atoms with E-state index in [0.29, 0.717) is 33.6 Å². The van der Waals surface area contributed by atoms with E-state index in [1.807, 2.05) is 6.92 Å². The second-order valence-electron chi connectivity index (χ2n) is 6.74. The molecule has 1 unspecified atom stereocenters. The number of hydrogen-bond acceptors (Lipinski definition) is 6. The molecule has 0 spiro atoms.